The second-order valence-electron chi connectivity index (χ2n) is 7.14. The predicted molar refractivity (Wildman–Crippen MR) is 115 cm³/mol. The van der Waals surface area contributed by atoms with Crippen LogP contribution in [0.1, 0.15) is 48.0 Å². The standard InChI is InChI=1S/C22H21N3OS2/c23-15-22(12-4-1-5-13-22)25-20(26)17-10-8-16(9-11-17)14-27-21-24-18-6-2-3-7-19(18)28-21/h2-3,6-11H,1,4-5,12-14H2,(H,25,26). The highest BCUT2D eigenvalue weighted by Crippen LogP contribution is 2.31. The van der Waals surface area contributed by atoms with Gasteiger partial charge in [-0.2, -0.15) is 5.26 Å². The highest BCUT2D eigenvalue weighted by Gasteiger charge is 2.33. The van der Waals surface area contributed by atoms with Crippen LogP contribution in [0.2, 0.25) is 0 Å². The molecule has 0 radical (unpaired) electrons. The number of benzene rings is 2. The monoisotopic (exact) mass is 407 g/mol. The van der Waals surface area contributed by atoms with Crippen LogP contribution in [0.4, 0.5) is 0 Å². The number of fused-ring (bicyclic) bond motifs is 1. The van der Waals surface area contributed by atoms with E-state index in [1.54, 1.807) is 23.1 Å². The number of para-hydroxylation sites is 1. The van der Waals surface area contributed by atoms with Gasteiger partial charge in [0, 0.05) is 11.3 Å². The van der Waals surface area contributed by atoms with Crippen LogP contribution in [-0.4, -0.2) is 16.4 Å². The number of hydrogen-bond donors (Lipinski definition) is 1. The maximum Gasteiger partial charge on any atom is 0.252 e. The van der Waals surface area contributed by atoms with Crippen LogP contribution in [0.25, 0.3) is 10.2 Å². The molecule has 1 amide bonds. The van der Waals surface area contributed by atoms with Gasteiger partial charge < -0.3 is 5.32 Å². The fourth-order valence-corrected chi connectivity index (χ4v) is 5.54. The van der Waals surface area contributed by atoms with Crippen molar-refractivity contribution in [3.63, 3.8) is 0 Å². The number of nitrogens with zero attached hydrogens (tertiary/aromatic N) is 2. The van der Waals surface area contributed by atoms with Crippen molar-refractivity contribution in [3.8, 4) is 6.07 Å². The van der Waals surface area contributed by atoms with Crippen molar-refractivity contribution in [1.82, 2.24) is 10.3 Å². The number of nitriles is 1. The first kappa shape index (κ1) is 19.0. The Morgan fingerprint density at radius 2 is 1.89 bits per heavy atom. The van der Waals surface area contributed by atoms with E-state index in [4.69, 9.17) is 0 Å². The third-order valence-electron chi connectivity index (χ3n) is 5.13. The molecule has 4 rings (SSSR count). The molecule has 142 valence electrons. The molecule has 0 spiro atoms. The zero-order valence-electron chi connectivity index (χ0n) is 15.5. The average molecular weight is 408 g/mol. The minimum Gasteiger partial charge on any atom is -0.334 e. The highest BCUT2D eigenvalue weighted by molar-refractivity contribution is 8.00. The smallest absolute Gasteiger partial charge is 0.252 e. The molecule has 6 heteroatoms. The molecule has 0 aliphatic heterocycles. The number of hydrogen-bond acceptors (Lipinski definition) is 5. The number of thioether (sulfide) groups is 1. The summed E-state index contributed by atoms with van der Waals surface area (Å²) in [6.45, 7) is 0. The lowest BCUT2D eigenvalue weighted by Crippen LogP contribution is -2.48. The summed E-state index contributed by atoms with van der Waals surface area (Å²) in [5.74, 6) is 0.651. The van der Waals surface area contributed by atoms with Crippen molar-refractivity contribution in [3.05, 3.63) is 59.7 Å². The van der Waals surface area contributed by atoms with Gasteiger partial charge in [0.15, 0.2) is 4.34 Å². The summed E-state index contributed by atoms with van der Waals surface area (Å²) in [6, 6.07) is 18.1. The van der Waals surface area contributed by atoms with Crippen LogP contribution < -0.4 is 5.32 Å². The molecule has 1 fully saturated rings. The first-order valence-electron chi connectivity index (χ1n) is 9.49. The normalized spacial score (nSPS) is 15.8. The summed E-state index contributed by atoms with van der Waals surface area (Å²) in [5.41, 5.74) is 2.09. The zero-order valence-corrected chi connectivity index (χ0v) is 17.1. The van der Waals surface area contributed by atoms with Crippen molar-refractivity contribution in [1.29, 1.82) is 5.26 Å². The van der Waals surface area contributed by atoms with Gasteiger partial charge in [-0.25, -0.2) is 4.98 Å². The number of nitrogens with one attached hydrogen (secondary N) is 1. The molecule has 1 N–H and O–H groups in total. The molecular formula is C22H21N3OS2. The number of rotatable bonds is 5. The van der Waals surface area contributed by atoms with Crippen LogP contribution in [0.3, 0.4) is 0 Å². The summed E-state index contributed by atoms with van der Waals surface area (Å²) in [5, 5.41) is 12.5. The number of aromatic nitrogens is 1. The first-order valence-corrected chi connectivity index (χ1v) is 11.3. The molecule has 2 aromatic carbocycles. The maximum atomic E-state index is 12.6. The molecule has 1 saturated carbocycles. The Kier molecular flexibility index (Phi) is 5.65. The number of carbonyl (C=O) groups is 1. The topological polar surface area (TPSA) is 65.8 Å². The van der Waals surface area contributed by atoms with Crippen LogP contribution in [0.15, 0.2) is 52.9 Å². The Hall–Kier alpha value is -2.36. The summed E-state index contributed by atoms with van der Waals surface area (Å²) >= 11 is 3.41. The van der Waals surface area contributed by atoms with Crippen LogP contribution in [0.5, 0.6) is 0 Å². The van der Waals surface area contributed by atoms with Gasteiger partial charge in [0.05, 0.1) is 16.3 Å². The molecule has 0 unspecified atom stereocenters. The summed E-state index contributed by atoms with van der Waals surface area (Å²) in [4.78, 5) is 17.2. The molecule has 0 atom stereocenters. The van der Waals surface area contributed by atoms with Crippen molar-refractivity contribution in [2.75, 3.05) is 0 Å². The van der Waals surface area contributed by atoms with Crippen LogP contribution in [0, 0.1) is 11.3 Å². The lowest BCUT2D eigenvalue weighted by molar-refractivity contribution is 0.0902. The quantitative estimate of drug-likeness (QED) is 0.564. The Morgan fingerprint density at radius 1 is 1.14 bits per heavy atom. The molecule has 1 aliphatic carbocycles. The van der Waals surface area contributed by atoms with E-state index >= 15 is 0 Å². The fraction of sp³-hybridized carbons (Fsp3) is 0.318. The Morgan fingerprint density at radius 3 is 2.61 bits per heavy atom. The van der Waals surface area contributed by atoms with Gasteiger partial charge in [-0.3, -0.25) is 4.79 Å². The van der Waals surface area contributed by atoms with Gasteiger partial charge in [-0.1, -0.05) is 55.3 Å². The van der Waals surface area contributed by atoms with Gasteiger partial charge in [-0.15, -0.1) is 11.3 Å². The SMILES string of the molecule is N#CC1(NC(=O)c2ccc(CSc3nc4ccccc4s3)cc2)CCCCC1. The number of amides is 1. The van der Waals surface area contributed by atoms with E-state index in [0.717, 1.165) is 53.3 Å². The summed E-state index contributed by atoms with van der Waals surface area (Å²) in [6.07, 6.45) is 4.62. The van der Waals surface area contributed by atoms with Crippen molar-refractivity contribution in [2.45, 2.75) is 47.7 Å². The van der Waals surface area contributed by atoms with Crippen LogP contribution >= 0.6 is 23.1 Å². The molecule has 4 nitrogen and oxygen atoms in total. The van der Waals surface area contributed by atoms with Crippen molar-refractivity contribution < 1.29 is 4.79 Å². The van der Waals surface area contributed by atoms with E-state index in [-0.39, 0.29) is 5.91 Å². The minimum absolute atomic E-state index is 0.158. The van der Waals surface area contributed by atoms with E-state index in [9.17, 15) is 10.1 Å². The molecule has 1 heterocycles. The Labute approximate surface area is 173 Å². The number of thiazole rings is 1. The Balaban J connectivity index is 1.38. The Bertz CT molecular complexity index is 981. The molecule has 28 heavy (non-hydrogen) atoms. The van der Waals surface area contributed by atoms with E-state index in [2.05, 4.69) is 22.4 Å². The summed E-state index contributed by atoms with van der Waals surface area (Å²) < 4.78 is 2.25. The molecular weight excluding hydrogens is 386 g/mol. The zero-order chi connectivity index (χ0) is 19.4. The largest absolute Gasteiger partial charge is 0.334 e. The fourth-order valence-electron chi connectivity index (χ4n) is 3.52. The van der Waals surface area contributed by atoms with Gasteiger partial charge in [0.2, 0.25) is 0 Å². The first-order chi connectivity index (χ1) is 13.7. The molecule has 1 aliphatic rings. The lowest BCUT2D eigenvalue weighted by Gasteiger charge is -2.31. The second-order valence-corrected chi connectivity index (χ2v) is 9.39. The van der Waals surface area contributed by atoms with Crippen molar-refractivity contribution >= 4 is 39.2 Å². The third kappa shape index (κ3) is 4.21. The maximum absolute atomic E-state index is 12.6. The van der Waals surface area contributed by atoms with E-state index < -0.39 is 5.54 Å². The average Bonchev–Trinajstić information content (AvgIpc) is 3.16. The molecule has 3 aromatic rings. The van der Waals surface area contributed by atoms with E-state index in [0.29, 0.717) is 5.56 Å². The number of carbonyl (C=O) groups excluding carboxylic acids is 1. The van der Waals surface area contributed by atoms with Gasteiger partial charge in [0.25, 0.3) is 5.91 Å². The lowest BCUT2D eigenvalue weighted by atomic mass is 9.82. The molecule has 0 saturated heterocycles. The predicted octanol–water partition coefficient (Wildman–Crippen LogP) is 5.54. The molecule has 1 aromatic heterocycles. The summed E-state index contributed by atoms with van der Waals surface area (Å²) in [7, 11) is 0. The van der Waals surface area contributed by atoms with Crippen LogP contribution in [-0.2, 0) is 5.75 Å². The van der Waals surface area contributed by atoms with Gasteiger partial charge >= 0.3 is 0 Å². The highest BCUT2D eigenvalue weighted by atomic mass is 32.2. The minimum atomic E-state index is -0.698. The van der Waals surface area contributed by atoms with E-state index in [1.165, 1.54) is 4.70 Å². The van der Waals surface area contributed by atoms with Gasteiger partial charge in [0.1, 0.15) is 5.54 Å². The second kappa shape index (κ2) is 8.34. The van der Waals surface area contributed by atoms with E-state index in [1.807, 2.05) is 42.5 Å². The molecule has 0 bridgehead atoms. The van der Waals surface area contributed by atoms with Gasteiger partial charge in [-0.05, 0) is 42.7 Å². The third-order valence-corrected chi connectivity index (χ3v) is 7.38. The van der Waals surface area contributed by atoms with Crippen molar-refractivity contribution in [2.24, 2.45) is 0 Å².